The van der Waals surface area contributed by atoms with Crippen LogP contribution in [0.25, 0.3) is 0 Å². The van der Waals surface area contributed by atoms with E-state index in [0.717, 1.165) is 37.5 Å². The molecule has 0 saturated heterocycles. The molecule has 3 rings (SSSR count). The summed E-state index contributed by atoms with van der Waals surface area (Å²) in [6, 6.07) is 11.8. The number of nitrogens with two attached hydrogens (primary N) is 1. The Morgan fingerprint density at radius 3 is 2.74 bits per heavy atom. The van der Waals surface area contributed by atoms with E-state index in [0.29, 0.717) is 5.75 Å². The first-order valence-corrected chi connectivity index (χ1v) is 8.73. The molecule has 0 aliphatic carbocycles. The third-order valence-electron chi connectivity index (χ3n) is 4.15. The fourth-order valence-electron chi connectivity index (χ4n) is 2.84. The Kier molecular flexibility index (Phi) is 4.98. The van der Waals surface area contributed by atoms with Gasteiger partial charge < -0.3 is 15.6 Å². The number of thioether (sulfide) groups is 1. The monoisotopic (exact) mass is 330 g/mol. The van der Waals surface area contributed by atoms with Gasteiger partial charge in [-0.1, -0.05) is 0 Å². The van der Waals surface area contributed by atoms with Crippen LogP contribution in [-0.2, 0) is 13.0 Å². The summed E-state index contributed by atoms with van der Waals surface area (Å²) in [6.45, 7) is 2.96. The molecular weight excluding hydrogens is 308 g/mol. The molecule has 0 unspecified atom stereocenters. The van der Waals surface area contributed by atoms with Gasteiger partial charge in [0.05, 0.1) is 7.11 Å². The summed E-state index contributed by atoms with van der Waals surface area (Å²) in [6.07, 6.45) is 0.999. The molecule has 0 saturated carbocycles. The summed E-state index contributed by atoms with van der Waals surface area (Å²) in [7, 11) is 1.59. The zero-order chi connectivity index (χ0) is 16.2. The lowest BCUT2D eigenvalue weighted by atomic mass is 9.99. The maximum absolute atomic E-state index is 9.94. The number of rotatable bonds is 5. The van der Waals surface area contributed by atoms with Crippen LogP contribution >= 0.6 is 11.8 Å². The van der Waals surface area contributed by atoms with E-state index in [1.165, 1.54) is 16.0 Å². The number of phenolic OH excluding ortho intramolecular Hbond substituents is 1. The highest BCUT2D eigenvalue weighted by Crippen LogP contribution is 2.32. The van der Waals surface area contributed by atoms with E-state index in [9.17, 15) is 5.11 Å². The van der Waals surface area contributed by atoms with Gasteiger partial charge in [0, 0.05) is 36.0 Å². The van der Waals surface area contributed by atoms with E-state index in [1.54, 1.807) is 7.11 Å². The molecule has 1 aliphatic rings. The zero-order valence-corrected chi connectivity index (χ0v) is 14.1. The number of hydrogen-bond donors (Lipinski definition) is 2. The summed E-state index contributed by atoms with van der Waals surface area (Å²) >= 11 is 1.85. The first-order chi connectivity index (χ1) is 11.2. The minimum Gasteiger partial charge on any atom is -0.504 e. The number of nitrogens with zero attached hydrogens (tertiary/aromatic N) is 1. The standard InChI is InChI=1S/C18H22N2O2S/c1-22-18-11-13-6-7-20(12-14(13)10-17(18)21)8-9-23-16-4-2-15(19)3-5-16/h2-5,10-11,21H,6-9,12,19H2,1H3. The van der Waals surface area contributed by atoms with Crippen molar-refractivity contribution in [3.63, 3.8) is 0 Å². The lowest BCUT2D eigenvalue weighted by Crippen LogP contribution is -2.32. The van der Waals surface area contributed by atoms with Gasteiger partial charge in [0.1, 0.15) is 0 Å². The predicted molar refractivity (Wildman–Crippen MR) is 95.2 cm³/mol. The Morgan fingerprint density at radius 2 is 2.00 bits per heavy atom. The number of nitrogen functional groups attached to an aromatic ring is 1. The van der Waals surface area contributed by atoms with Crippen molar-refractivity contribution in [2.24, 2.45) is 0 Å². The van der Waals surface area contributed by atoms with E-state index in [4.69, 9.17) is 10.5 Å². The summed E-state index contributed by atoms with van der Waals surface area (Å²) in [5, 5.41) is 9.94. The van der Waals surface area contributed by atoms with Gasteiger partial charge in [-0.25, -0.2) is 0 Å². The molecule has 0 radical (unpaired) electrons. The number of anilines is 1. The van der Waals surface area contributed by atoms with Crippen LogP contribution < -0.4 is 10.5 Å². The molecular formula is C18H22N2O2S. The average Bonchev–Trinajstić information content (AvgIpc) is 2.56. The largest absolute Gasteiger partial charge is 0.504 e. The highest BCUT2D eigenvalue weighted by Gasteiger charge is 2.18. The van der Waals surface area contributed by atoms with Gasteiger partial charge in [0.15, 0.2) is 11.5 Å². The zero-order valence-electron chi connectivity index (χ0n) is 13.3. The molecule has 2 aromatic carbocycles. The Balaban J connectivity index is 1.55. The van der Waals surface area contributed by atoms with Crippen molar-refractivity contribution in [3.05, 3.63) is 47.5 Å². The Labute approximate surface area is 141 Å². The number of benzene rings is 2. The molecule has 0 aromatic heterocycles. The fourth-order valence-corrected chi connectivity index (χ4v) is 3.76. The van der Waals surface area contributed by atoms with E-state index in [1.807, 2.05) is 36.0 Å². The number of methoxy groups -OCH3 is 1. The van der Waals surface area contributed by atoms with Gasteiger partial charge in [-0.3, -0.25) is 4.90 Å². The van der Waals surface area contributed by atoms with Gasteiger partial charge in [-0.2, -0.15) is 0 Å². The third kappa shape index (κ3) is 3.92. The lowest BCUT2D eigenvalue weighted by molar-refractivity contribution is 0.268. The normalized spacial score (nSPS) is 14.5. The molecule has 5 heteroatoms. The maximum Gasteiger partial charge on any atom is 0.160 e. The van der Waals surface area contributed by atoms with Gasteiger partial charge in [-0.05, 0) is 53.9 Å². The van der Waals surface area contributed by atoms with Crippen molar-refractivity contribution in [1.82, 2.24) is 4.90 Å². The maximum atomic E-state index is 9.94. The third-order valence-corrected chi connectivity index (χ3v) is 5.14. The number of fused-ring (bicyclic) bond motifs is 1. The Morgan fingerprint density at radius 1 is 1.22 bits per heavy atom. The topological polar surface area (TPSA) is 58.7 Å². The highest BCUT2D eigenvalue weighted by atomic mass is 32.2. The summed E-state index contributed by atoms with van der Waals surface area (Å²) in [4.78, 5) is 3.68. The summed E-state index contributed by atoms with van der Waals surface area (Å²) in [5.74, 6) is 1.84. The molecule has 0 bridgehead atoms. The lowest BCUT2D eigenvalue weighted by Gasteiger charge is -2.29. The van der Waals surface area contributed by atoms with E-state index in [2.05, 4.69) is 17.0 Å². The molecule has 2 aromatic rings. The minimum absolute atomic E-state index is 0.226. The first kappa shape index (κ1) is 16.0. The molecule has 0 amide bonds. The van der Waals surface area contributed by atoms with Crippen LogP contribution in [0.1, 0.15) is 11.1 Å². The predicted octanol–water partition coefficient (Wildman–Crippen LogP) is 3.13. The number of ether oxygens (including phenoxy) is 1. The summed E-state index contributed by atoms with van der Waals surface area (Å²) < 4.78 is 5.18. The molecule has 0 spiro atoms. The quantitative estimate of drug-likeness (QED) is 0.651. The summed E-state index contributed by atoms with van der Waals surface area (Å²) in [5.41, 5.74) is 8.99. The average molecular weight is 330 g/mol. The number of hydrogen-bond acceptors (Lipinski definition) is 5. The fraction of sp³-hybridized carbons (Fsp3) is 0.333. The van der Waals surface area contributed by atoms with Crippen LogP contribution in [-0.4, -0.2) is 36.0 Å². The molecule has 0 atom stereocenters. The van der Waals surface area contributed by atoms with Crippen molar-refractivity contribution in [2.75, 3.05) is 31.7 Å². The highest BCUT2D eigenvalue weighted by molar-refractivity contribution is 7.99. The van der Waals surface area contributed by atoms with Crippen molar-refractivity contribution in [1.29, 1.82) is 0 Å². The molecule has 4 nitrogen and oxygen atoms in total. The molecule has 3 N–H and O–H groups in total. The molecule has 1 heterocycles. The Bertz CT molecular complexity index is 673. The number of aromatic hydroxyl groups is 1. The Hall–Kier alpha value is -1.85. The second kappa shape index (κ2) is 7.15. The van der Waals surface area contributed by atoms with E-state index in [-0.39, 0.29) is 5.75 Å². The number of phenols is 1. The SMILES string of the molecule is COc1cc2c(cc1O)CN(CCSc1ccc(N)cc1)CC2. The van der Waals surface area contributed by atoms with Gasteiger partial charge >= 0.3 is 0 Å². The van der Waals surface area contributed by atoms with E-state index >= 15 is 0 Å². The smallest absolute Gasteiger partial charge is 0.160 e. The molecule has 0 fully saturated rings. The molecule has 23 heavy (non-hydrogen) atoms. The van der Waals surface area contributed by atoms with Gasteiger partial charge in [0.25, 0.3) is 0 Å². The van der Waals surface area contributed by atoms with Crippen LogP contribution in [0.4, 0.5) is 5.69 Å². The molecule has 1 aliphatic heterocycles. The second-order valence-corrected chi connectivity index (χ2v) is 6.90. The van der Waals surface area contributed by atoms with Crippen LogP contribution in [0.3, 0.4) is 0 Å². The van der Waals surface area contributed by atoms with Gasteiger partial charge in [0.2, 0.25) is 0 Å². The van der Waals surface area contributed by atoms with Crippen molar-refractivity contribution < 1.29 is 9.84 Å². The minimum atomic E-state index is 0.226. The van der Waals surface area contributed by atoms with Crippen LogP contribution in [0.15, 0.2) is 41.3 Å². The van der Waals surface area contributed by atoms with Crippen LogP contribution in [0.5, 0.6) is 11.5 Å². The van der Waals surface area contributed by atoms with Gasteiger partial charge in [-0.15, -0.1) is 11.8 Å². The van der Waals surface area contributed by atoms with Crippen molar-refractivity contribution >= 4 is 17.4 Å². The van der Waals surface area contributed by atoms with Crippen molar-refractivity contribution in [3.8, 4) is 11.5 Å². The van der Waals surface area contributed by atoms with Crippen LogP contribution in [0.2, 0.25) is 0 Å². The molecule has 122 valence electrons. The van der Waals surface area contributed by atoms with E-state index < -0.39 is 0 Å². The second-order valence-electron chi connectivity index (χ2n) is 5.74. The first-order valence-electron chi connectivity index (χ1n) is 7.75. The van der Waals surface area contributed by atoms with Crippen LogP contribution in [0, 0.1) is 0 Å². The van der Waals surface area contributed by atoms with Crippen molar-refractivity contribution in [2.45, 2.75) is 17.9 Å².